The Hall–Kier alpha value is -2.09. The van der Waals surface area contributed by atoms with Crippen LogP contribution >= 0.6 is 0 Å². The second-order valence-electron chi connectivity index (χ2n) is 5.46. The van der Waals surface area contributed by atoms with E-state index in [1.165, 1.54) is 11.1 Å². The molecule has 0 radical (unpaired) electrons. The van der Waals surface area contributed by atoms with E-state index in [1.54, 1.807) is 6.08 Å². The third-order valence-electron chi connectivity index (χ3n) is 3.18. The first-order valence-electron chi connectivity index (χ1n) is 7.27. The molecule has 112 valence electrons. The highest BCUT2D eigenvalue weighted by molar-refractivity contribution is 5.92. The molecule has 0 saturated heterocycles. The van der Waals surface area contributed by atoms with Crippen LogP contribution in [0.4, 0.5) is 0 Å². The highest BCUT2D eigenvalue weighted by Crippen LogP contribution is 2.14. The standard InChI is InChI=1S/C19H24O2/c1-15(2)8-7-9-16(3)12-13-18(19(20)21)14-17-10-5-4-6-11-17/h4-6,8,10-12,14H,7,9,13H2,1-3H3,(H,20,21). The summed E-state index contributed by atoms with van der Waals surface area (Å²) in [7, 11) is 0. The first kappa shape index (κ1) is 17.0. The Bertz CT molecular complexity index is 544. The van der Waals surface area contributed by atoms with Crippen LogP contribution in [0.1, 0.15) is 45.6 Å². The van der Waals surface area contributed by atoms with E-state index in [4.69, 9.17) is 0 Å². The second kappa shape index (κ2) is 8.96. The zero-order valence-corrected chi connectivity index (χ0v) is 13.1. The molecule has 2 heteroatoms. The molecular formula is C19H24O2. The van der Waals surface area contributed by atoms with Crippen molar-refractivity contribution >= 4 is 12.0 Å². The van der Waals surface area contributed by atoms with E-state index < -0.39 is 5.97 Å². The number of rotatable bonds is 7. The number of carbonyl (C=O) groups is 1. The van der Waals surface area contributed by atoms with Crippen LogP contribution in [0.3, 0.4) is 0 Å². The predicted octanol–water partition coefficient (Wildman–Crippen LogP) is 5.24. The first-order valence-corrected chi connectivity index (χ1v) is 7.27. The number of carboxylic acid groups (broad SMARTS) is 1. The topological polar surface area (TPSA) is 37.3 Å². The van der Waals surface area contributed by atoms with Crippen LogP contribution in [0.5, 0.6) is 0 Å². The van der Waals surface area contributed by atoms with Crippen LogP contribution in [-0.4, -0.2) is 11.1 Å². The maximum atomic E-state index is 11.3. The fourth-order valence-electron chi connectivity index (χ4n) is 1.93. The molecule has 21 heavy (non-hydrogen) atoms. The lowest BCUT2D eigenvalue weighted by Gasteiger charge is -2.02. The molecule has 0 heterocycles. The molecule has 1 rings (SSSR count). The van der Waals surface area contributed by atoms with E-state index in [1.807, 2.05) is 36.4 Å². The Morgan fingerprint density at radius 2 is 1.76 bits per heavy atom. The smallest absolute Gasteiger partial charge is 0.331 e. The zero-order valence-electron chi connectivity index (χ0n) is 13.1. The van der Waals surface area contributed by atoms with Gasteiger partial charge in [0.1, 0.15) is 0 Å². The molecule has 0 aliphatic heterocycles. The zero-order chi connectivity index (χ0) is 15.7. The van der Waals surface area contributed by atoms with Crippen molar-refractivity contribution in [3.63, 3.8) is 0 Å². The molecular weight excluding hydrogens is 260 g/mol. The van der Waals surface area contributed by atoms with E-state index in [9.17, 15) is 9.90 Å². The van der Waals surface area contributed by atoms with E-state index in [2.05, 4.69) is 26.8 Å². The first-order chi connectivity index (χ1) is 9.99. The SMILES string of the molecule is CC(C)=CCCC(C)=CCC(=Cc1ccccc1)C(=O)O. The maximum Gasteiger partial charge on any atom is 0.331 e. The minimum atomic E-state index is -0.854. The minimum absolute atomic E-state index is 0.419. The molecule has 1 N–H and O–H groups in total. The Labute approximate surface area is 127 Å². The second-order valence-corrected chi connectivity index (χ2v) is 5.46. The summed E-state index contributed by atoms with van der Waals surface area (Å²) < 4.78 is 0. The number of benzene rings is 1. The number of hydrogen-bond donors (Lipinski definition) is 1. The largest absolute Gasteiger partial charge is 0.478 e. The molecule has 0 aliphatic carbocycles. The summed E-state index contributed by atoms with van der Waals surface area (Å²) in [5, 5.41) is 9.29. The van der Waals surface area contributed by atoms with Gasteiger partial charge < -0.3 is 5.11 Å². The van der Waals surface area contributed by atoms with Gasteiger partial charge in [-0.3, -0.25) is 0 Å². The van der Waals surface area contributed by atoms with Crippen LogP contribution in [0.2, 0.25) is 0 Å². The number of carboxylic acids is 1. The van der Waals surface area contributed by atoms with E-state index in [-0.39, 0.29) is 0 Å². The van der Waals surface area contributed by atoms with Crippen molar-refractivity contribution in [1.82, 2.24) is 0 Å². The lowest BCUT2D eigenvalue weighted by Crippen LogP contribution is -1.99. The highest BCUT2D eigenvalue weighted by Gasteiger charge is 2.05. The molecule has 0 unspecified atom stereocenters. The van der Waals surface area contributed by atoms with Crippen molar-refractivity contribution in [2.45, 2.75) is 40.0 Å². The monoisotopic (exact) mass is 284 g/mol. The Balaban J connectivity index is 2.69. The summed E-state index contributed by atoms with van der Waals surface area (Å²) in [6.07, 6.45) is 8.41. The van der Waals surface area contributed by atoms with Crippen LogP contribution in [0.15, 0.2) is 59.2 Å². The van der Waals surface area contributed by atoms with Crippen molar-refractivity contribution in [3.8, 4) is 0 Å². The van der Waals surface area contributed by atoms with Gasteiger partial charge in [0, 0.05) is 5.57 Å². The summed E-state index contributed by atoms with van der Waals surface area (Å²) >= 11 is 0. The van der Waals surface area contributed by atoms with Crippen LogP contribution in [0, 0.1) is 0 Å². The van der Waals surface area contributed by atoms with Crippen LogP contribution < -0.4 is 0 Å². The molecule has 0 fully saturated rings. The molecule has 0 amide bonds. The summed E-state index contributed by atoms with van der Waals surface area (Å²) in [6, 6.07) is 9.56. The van der Waals surface area contributed by atoms with Gasteiger partial charge in [0.15, 0.2) is 0 Å². The molecule has 0 saturated carbocycles. The highest BCUT2D eigenvalue weighted by atomic mass is 16.4. The van der Waals surface area contributed by atoms with Crippen molar-refractivity contribution in [2.75, 3.05) is 0 Å². The van der Waals surface area contributed by atoms with Crippen molar-refractivity contribution in [2.24, 2.45) is 0 Å². The third-order valence-corrected chi connectivity index (χ3v) is 3.18. The van der Waals surface area contributed by atoms with Gasteiger partial charge in [-0.15, -0.1) is 0 Å². The maximum absolute atomic E-state index is 11.3. The van der Waals surface area contributed by atoms with Gasteiger partial charge in [0.05, 0.1) is 0 Å². The molecule has 0 spiro atoms. The van der Waals surface area contributed by atoms with Gasteiger partial charge in [-0.25, -0.2) is 4.79 Å². The third kappa shape index (κ3) is 7.31. The molecule has 0 aliphatic rings. The Morgan fingerprint density at radius 3 is 2.33 bits per heavy atom. The Kier molecular flexibility index (Phi) is 7.24. The van der Waals surface area contributed by atoms with Gasteiger partial charge >= 0.3 is 5.97 Å². The summed E-state index contributed by atoms with van der Waals surface area (Å²) in [4.78, 5) is 11.3. The number of allylic oxidation sites excluding steroid dienone is 4. The van der Waals surface area contributed by atoms with Crippen molar-refractivity contribution in [1.29, 1.82) is 0 Å². The van der Waals surface area contributed by atoms with Gasteiger partial charge in [0.25, 0.3) is 0 Å². The quantitative estimate of drug-likeness (QED) is 0.549. The average molecular weight is 284 g/mol. The minimum Gasteiger partial charge on any atom is -0.478 e. The van der Waals surface area contributed by atoms with Crippen molar-refractivity contribution < 1.29 is 9.90 Å². The number of aliphatic carboxylic acids is 1. The lowest BCUT2D eigenvalue weighted by molar-refractivity contribution is -0.132. The van der Waals surface area contributed by atoms with Crippen LogP contribution in [-0.2, 0) is 4.79 Å². The number of hydrogen-bond acceptors (Lipinski definition) is 1. The summed E-state index contributed by atoms with van der Waals surface area (Å²) in [6.45, 7) is 6.23. The van der Waals surface area contributed by atoms with Crippen LogP contribution in [0.25, 0.3) is 6.08 Å². The molecule has 0 bridgehead atoms. The summed E-state index contributed by atoms with van der Waals surface area (Å²) in [5.74, 6) is -0.854. The summed E-state index contributed by atoms with van der Waals surface area (Å²) in [5.41, 5.74) is 3.89. The van der Waals surface area contributed by atoms with Gasteiger partial charge in [-0.05, 0) is 51.7 Å². The fraction of sp³-hybridized carbons (Fsp3) is 0.316. The molecule has 1 aromatic rings. The van der Waals surface area contributed by atoms with Crippen molar-refractivity contribution in [3.05, 3.63) is 64.8 Å². The van der Waals surface area contributed by atoms with E-state index in [0.717, 1.165) is 18.4 Å². The van der Waals surface area contributed by atoms with Gasteiger partial charge in [0.2, 0.25) is 0 Å². The van der Waals surface area contributed by atoms with E-state index in [0.29, 0.717) is 12.0 Å². The Morgan fingerprint density at radius 1 is 1.10 bits per heavy atom. The normalized spacial score (nSPS) is 12.1. The fourth-order valence-corrected chi connectivity index (χ4v) is 1.93. The molecule has 0 aromatic heterocycles. The average Bonchev–Trinajstić information content (AvgIpc) is 2.43. The molecule has 0 atom stereocenters. The molecule has 2 nitrogen and oxygen atoms in total. The lowest BCUT2D eigenvalue weighted by atomic mass is 10.0. The molecule has 1 aromatic carbocycles. The van der Waals surface area contributed by atoms with Gasteiger partial charge in [-0.1, -0.05) is 53.6 Å². The predicted molar refractivity (Wildman–Crippen MR) is 89.1 cm³/mol. The van der Waals surface area contributed by atoms with Gasteiger partial charge in [-0.2, -0.15) is 0 Å². The van der Waals surface area contributed by atoms with E-state index >= 15 is 0 Å².